The minimum atomic E-state index is -0.401. The van der Waals surface area contributed by atoms with Gasteiger partial charge in [0.1, 0.15) is 11.4 Å². The third-order valence-corrected chi connectivity index (χ3v) is 8.02. The normalized spacial score (nSPS) is 24.3. The predicted molar refractivity (Wildman–Crippen MR) is 141 cm³/mol. The van der Waals surface area contributed by atoms with E-state index in [9.17, 15) is 14.4 Å². The molecule has 1 aromatic heterocycles. The van der Waals surface area contributed by atoms with Crippen LogP contribution in [0.3, 0.4) is 0 Å². The number of rotatable bonds is 4. The number of cyclic esters (lactones) is 1. The fourth-order valence-corrected chi connectivity index (χ4v) is 6.45. The van der Waals surface area contributed by atoms with Crippen molar-refractivity contribution in [2.75, 3.05) is 38.0 Å². The first kappa shape index (κ1) is 25.4. The number of amides is 3. The minimum absolute atomic E-state index is 0.0505. The van der Waals surface area contributed by atoms with Crippen LogP contribution in [-0.4, -0.2) is 77.1 Å². The van der Waals surface area contributed by atoms with Crippen LogP contribution in [0.4, 0.5) is 10.6 Å². The molecule has 3 aliphatic rings. The van der Waals surface area contributed by atoms with Crippen LogP contribution >= 0.6 is 0 Å². The Bertz CT molecular complexity index is 1210. The second-order valence-electron chi connectivity index (χ2n) is 11.3. The Morgan fingerprint density at radius 3 is 2.62 bits per heavy atom. The van der Waals surface area contributed by atoms with E-state index >= 15 is 0 Å². The van der Waals surface area contributed by atoms with Crippen LogP contribution in [0, 0.1) is 5.41 Å². The molecule has 2 N–H and O–H groups in total. The van der Waals surface area contributed by atoms with E-state index < -0.39 is 11.0 Å². The number of benzene rings is 1. The summed E-state index contributed by atoms with van der Waals surface area (Å²) in [4.78, 5) is 47.6. The van der Waals surface area contributed by atoms with Gasteiger partial charge in [-0.05, 0) is 58.4 Å². The quantitative estimate of drug-likeness (QED) is 0.611. The average Bonchev–Trinajstić information content (AvgIpc) is 3.10. The Hall–Kier alpha value is -3.20. The lowest BCUT2D eigenvalue weighted by atomic mass is 9.74. The smallest absolute Gasteiger partial charge is 0.320 e. The molecule has 3 fully saturated rings. The molecule has 2 aromatic rings. The molecule has 9 nitrogen and oxygen atoms in total. The fraction of sp³-hybridized carbons (Fsp3) is 0.571. The molecule has 4 heterocycles. The number of esters is 1. The van der Waals surface area contributed by atoms with E-state index in [1.165, 1.54) is 0 Å². The summed E-state index contributed by atoms with van der Waals surface area (Å²) in [7, 11) is 0. The standard InChI is InChI=1S/C28H37N5O4/c1-4-29-26(36)31-23-22(21-9-6-5-8-19(21)16-30-23)24(34)32-14-10-20(11-15-32)33-13-7-12-28(18-33)17-27(2,3)37-25(28)35/h5-6,8-9,16,20H,4,7,10-15,17-18H2,1-3H3,(H2,29,30,31,36). The summed E-state index contributed by atoms with van der Waals surface area (Å²) in [6.45, 7) is 9.26. The number of nitrogens with one attached hydrogen (secondary N) is 2. The van der Waals surface area contributed by atoms with Crippen LogP contribution in [0.15, 0.2) is 30.5 Å². The molecule has 3 saturated heterocycles. The molecule has 1 spiro atoms. The number of urea groups is 1. The van der Waals surface area contributed by atoms with Crippen molar-refractivity contribution in [1.29, 1.82) is 0 Å². The van der Waals surface area contributed by atoms with Gasteiger partial charge >= 0.3 is 12.0 Å². The van der Waals surface area contributed by atoms with Gasteiger partial charge in [-0.15, -0.1) is 0 Å². The number of likely N-dealkylation sites (tertiary alicyclic amines) is 2. The van der Waals surface area contributed by atoms with E-state index in [1.54, 1.807) is 6.20 Å². The van der Waals surface area contributed by atoms with Crippen molar-refractivity contribution < 1.29 is 19.1 Å². The first-order valence-corrected chi connectivity index (χ1v) is 13.4. The number of ether oxygens (including phenoxy) is 1. The molecule has 1 unspecified atom stereocenters. The number of hydrogen-bond donors (Lipinski definition) is 2. The summed E-state index contributed by atoms with van der Waals surface area (Å²) in [6.07, 6.45) is 6.01. The van der Waals surface area contributed by atoms with E-state index in [2.05, 4.69) is 20.5 Å². The third kappa shape index (κ3) is 5.01. The van der Waals surface area contributed by atoms with Crippen LogP contribution in [0.5, 0.6) is 0 Å². The van der Waals surface area contributed by atoms with Gasteiger partial charge < -0.3 is 15.0 Å². The zero-order chi connectivity index (χ0) is 26.2. The van der Waals surface area contributed by atoms with Gasteiger partial charge in [0.15, 0.2) is 0 Å². The highest BCUT2D eigenvalue weighted by Gasteiger charge is 2.54. The zero-order valence-electron chi connectivity index (χ0n) is 22.0. The van der Waals surface area contributed by atoms with Gasteiger partial charge in [0, 0.05) is 50.2 Å². The molecule has 3 amide bonds. The van der Waals surface area contributed by atoms with Gasteiger partial charge in [0.2, 0.25) is 0 Å². The highest BCUT2D eigenvalue weighted by Crippen LogP contribution is 2.46. The summed E-state index contributed by atoms with van der Waals surface area (Å²) in [6, 6.07) is 7.57. The summed E-state index contributed by atoms with van der Waals surface area (Å²) in [5.74, 6) is 0.105. The SMILES string of the molecule is CCNC(=O)Nc1ncc2ccccc2c1C(=O)N1CCC(N2CCCC3(C2)CC(C)(C)OC3=O)CC1. The summed E-state index contributed by atoms with van der Waals surface area (Å²) < 4.78 is 5.71. The van der Waals surface area contributed by atoms with Crippen molar-refractivity contribution in [2.24, 2.45) is 5.41 Å². The van der Waals surface area contributed by atoms with Crippen LogP contribution in [0.2, 0.25) is 0 Å². The van der Waals surface area contributed by atoms with Crippen molar-refractivity contribution in [3.8, 4) is 0 Å². The third-order valence-electron chi connectivity index (χ3n) is 8.02. The predicted octanol–water partition coefficient (Wildman–Crippen LogP) is 3.79. The second kappa shape index (κ2) is 9.93. The molecule has 1 aromatic carbocycles. The first-order valence-electron chi connectivity index (χ1n) is 13.4. The van der Waals surface area contributed by atoms with Crippen molar-refractivity contribution in [3.63, 3.8) is 0 Å². The van der Waals surface area contributed by atoms with Gasteiger partial charge in [0.05, 0.1) is 11.0 Å². The number of fused-ring (bicyclic) bond motifs is 1. The van der Waals surface area contributed by atoms with E-state index in [0.29, 0.717) is 31.2 Å². The van der Waals surface area contributed by atoms with Crippen molar-refractivity contribution in [1.82, 2.24) is 20.1 Å². The Morgan fingerprint density at radius 2 is 1.92 bits per heavy atom. The van der Waals surface area contributed by atoms with Crippen molar-refractivity contribution in [3.05, 3.63) is 36.0 Å². The van der Waals surface area contributed by atoms with Gasteiger partial charge in [-0.2, -0.15) is 0 Å². The molecule has 0 saturated carbocycles. The highest BCUT2D eigenvalue weighted by atomic mass is 16.6. The number of anilines is 1. The Kier molecular flexibility index (Phi) is 6.83. The largest absolute Gasteiger partial charge is 0.459 e. The van der Waals surface area contributed by atoms with E-state index in [4.69, 9.17) is 4.74 Å². The van der Waals surface area contributed by atoms with Crippen molar-refractivity contribution >= 4 is 34.5 Å². The molecule has 1 atom stereocenters. The maximum absolute atomic E-state index is 13.8. The monoisotopic (exact) mass is 507 g/mol. The topological polar surface area (TPSA) is 104 Å². The van der Waals surface area contributed by atoms with E-state index in [-0.39, 0.29) is 23.7 Å². The Morgan fingerprint density at radius 1 is 1.16 bits per heavy atom. The maximum Gasteiger partial charge on any atom is 0.320 e. The lowest BCUT2D eigenvalue weighted by Gasteiger charge is -2.45. The first-order chi connectivity index (χ1) is 17.7. The number of aromatic nitrogens is 1. The molecule has 3 aliphatic heterocycles. The molecule has 0 bridgehead atoms. The molecule has 9 heteroatoms. The van der Waals surface area contributed by atoms with Crippen LogP contribution in [-0.2, 0) is 9.53 Å². The average molecular weight is 508 g/mol. The van der Waals surface area contributed by atoms with Gasteiger partial charge in [-0.3, -0.25) is 19.8 Å². The van der Waals surface area contributed by atoms with Gasteiger partial charge in [-0.25, -0.2) is 9.78 Å². The number of piperidine rings is 2. The number of carbonyl (C=O) groups is 3. The number of nitrogens with zero attached hydrogens (tertiary/aromatic N) is 3. The molecule has 5 rings (SSSR count). The lowest BCUT2D eigenvalue weighted by Crippen LogP contribution is -2.53. The molecule has 0 radical (unpaired) electrons. The van der Waals surface area contributed by atoms with Crippen LogP contribution < -0.4 is 10.6 Å². The summed E-state index contributed by atoms with van der Waals surface area (Å²) in [5.41, 5.74) is -0.374. The number of pyridine rings is 1. The molecular weight excluding hydrogens is 470 g/mol. The molecule has 198 valence electrons. The Balaban J connectivity index is 1.31. The highest BCUT2D eigenvalue weighted by molar-refractivity contribution is 6.12. The zero-order valence-corrected chi connectivity index (χ0v) is 22.0. The molecular formula is C28H37N5O4. The van der Waals surface area contributed by atoms with Gasteiger partial charge in [-0.1, -0.05) is 24.3 Å². The fourth-order valence-electron chi connectivity index (χ4n) is 6.45. The van der Waals surface area contributed by atoms with Crippen LogP contribution in [0.1, 0.15) is 63.2 Å². The Labute approximate surface area is 217 Å². The second-order valence-corrected chi connectivity index (χ2v) is 11.3. The summed E-state index contributed by atoms with van der Waals surface area (Å²) in [5, 5.41) is 7.10. The molecule has 37 heavy (non-hydrogen) atoms. The van der Waals surface area contributed by atoms with Crippen LogP contribution in [0.25, 0.3) is 10.8 Å². The van der Waals surface area contributed by atoms with Gasteiger partial charge in [0.25, 0.3) is 5.91 Å². The minimum Gasteiger partial charge on any atom is -0.459 e. The number of hydrogen-bond acceptors (Lipinski definition) is 6. The lowest BCUT2D eigenvalue weighted by molar-refractivity contribution is -0.154. The van der Waals surface area contributed by atoms with Crippen molar-refractivity contribution in [2.45, 2.75) is 64.5 Å². The van der Waals surface area contributed by atoms with E-state index in [1.807, 2.05) is 49.9 Å². The number of carbonyl (C=O) groups excluding carboxylic acids is 3. The molecule has 0 aliphatic carbocycles. The van der Waals surface area contributed by atoms with E-state index in [0.717, 1.165) is 56.0 Å². The summed E-state index contributed by atoms with van der Waals surface area (Å²) >= 11 is 0. The maximum atomic E-state index is 13.8.